The van der Waals surface area contributed by atoms with Crippen molar-refractivity contribution in [1.82, 2.24) is 0 Å². The van der Waals surface area contributed by atoms with Crippen molar-refractivity contribution in [1.29, 1.82) is 0 Å². The average Bonchev–Trinajstić information content (AvgIpc) is 2.46. The van der Waals surface area contributed by atoms with Gasteiger partial charge in [0.05, 0.1) is 13.2 Å². The number of rotatable bonds is 11. The van der Waals surface area contributed by atoms with E-state index in [1.54, 1.807) is 0 Å². The van der Waals surface area contributed by atoms with E-state index >= 15 is 0 Å². The summed E-state index contributed by atoms with van der Waals surface area (Å²) in [5.41, 5.74) is 8.33. The van der Waals surface area contributed by atoms with Gasteiger partial charge in [-0.1, -0.05) is 12.1 Å². The molecule has 1 unspecified atom stereocenters. The first-order valence-electron chi connectivity index (χ1n) is 7.92. The molecule has 0 amide bonds. The largest absolute Gasteiger partial charge is 0.380 e. The van der Waals surface area contributed by atoms with E-state index in [-0.39, 0.29) is 6.04 Å². The molecule has 0 radical (unpaired) electrons. The Morgan fingerprint density at radius 3 is 1.95 bits per heavy atom. The molecular formula is C17H30N2O2. The highest BCUT2D eigenvalue weighted by atomic mass is 16.5. The van der Waals surface area contributed by atoms with Gasteiger partial charge in [-0.15, -0.1) is 0 Å². The van der Waals surface area contributed by atoms with Gasteiger partial charge in [0.2, 0.25) is 0 Å². The maximum Gasteiger partial charge on any atom is 0.0641 e. The van der Waals surface area contributed by atoms with Crippen LogP contribution >= 0.6 is 0 Å². The number of hydrogen-bond donors (Lipinski definition) is 1. The molecule has 4 heteroatoms. The Bertz CT molecular complexity index is 356. The van der Waals surface area contributed by atoms with Gasteiger partial charge >= 0.3 is 0 Å². The molecule has 0 aliphatic carbocycles. The lowest BCUT2D eigenvalue weighted by Gasteiger charge is -2.25. The van der Waals surface area contributed by atoms with Gasteiger partial charge in [-0.05, 0) is 44.9 Å². The molecule has 0 fully saturated rings. The molecule has 1 aromatic carbocycles. The SMILES string of the molecule is CCOCCN(CCOCC)c1ccc(CC(C)N)cc1. The summed E-state index contributed by atoms with van der Waals surface area (Å²) in [7, 11) is 0. The van der Waals surface area contributed by atoms with Gasteiger partial charge in [-0.3, -0.25) is 0 Å². The van der Waals surface area contributed by atoms with Crippen molar-refractivity contribution in [2.75, 3.05) is 44.4 Å². The Balaban J connectivity index is 2.62. The van der Waals surface area contributed by atoms with Gasteiger partial charge in [0.15, 0.2) is 0 Å². The second-order valence-electron chi connectivity index (χ2n) is 5.23. The third-order valence-corrected chi connectivity index (χ3v) is 3.28. The molecule has 0 aromatic heterocycles. The van der Waals surface area contributed by atoms with Crippen LogP contribution < -0.4 is 10.6 Å². The van der Waals surface area contributed by atoms with E-state index in [4.69, 9.17) is 15.2 Å². The minimum Gasteiger partial charge on any atom is -0.380 e. The summed E-state index contributed by atoms with van der Waals surface area (Å²) in [4.78, 5) is 2.31. The third kappa shape index (κ3) is 7.46. The Morgan fingerprint density at radius 1 is 1.00 bits per heavy atom. The lowest BCUT2D eigenvalue weighted by atomic mass is 10.1. The smallest absolute Gasteiger partial charge is 0.0641 e. The van der Waals surface area contributed by atoms with Gasteiger partial charge in [-0.25, -0.2) is 0 Å². The zero-order valence-corrected chi connectivity index (χ0v) is 13.7. The van der Waals surface area contributed by atoms with Crippen LogP contribution in [0.15, 0.2) is 24.3 Å². The zero-order chi connectivity index (χ0) is 15.5. The average molecular weight is 294 g/mol. The quantitative estimate of drug-likeness (QED) is 0.637. The number of benzene rings is 1. The molecule has 0 heterocycles. The molecule has 0 bridgehead atoms. The minimum absolute atomic E-state index is 0.197. The van der Waals surface area contributed by atoms with Gasteiger partial charge in [0.1, 0.15) is 0 Å². The van der Waals surface area contributed by atoms with E-state index in [1.807, 2.05) is 20.8 Å². The summed E-state index contributed by atoms with van der Waals surface area (Å²) < 4.78 is 10.9. The molecule has 0 saturated carbocycles. The minimum atomic E-state index is 0.197. The Kier molecular flexibility index (Phi) is 9.06. The van der Waals surface area contributed by atoms with Crippen molar-refractivity contribution >= 4 is 5.69 Å². The third-order valence-electron chi connectivity index (χ3n) is 3.28. The molecule has 4 nitrogen and oxygen atoms in total. The fourth-order valence-electron chi connectivity index (χ4n) is 2.22. The van der Waals surface area contributed by atoms with Crippen LogP contribution in [0, 0.1) is 0 Å². The van der Waals surface area contributed by atoms with Crippen molar-refractivity contribution in [2.24, 2.45) is 5.73 Å². The van der Waals surface area contributed by atoms with Crippen LogP contribution in [0.2, 0.25) is 0 Å². The van der Waals surface area contributed by atoms with E-state index in [2.05, 4.69) is 29.2 Å². The molecule has 0 aliphatic heterocycles. The van der Waals surface area contributed by atoms with Crippen LogP contribution in [0.25, 0.3) is 0 Å². The molecule has 120 valence electrons. The molecule has 0 saturated heterocycles. The van der Waals surface area contributed by atoms with Crippen LogP contribution in [0.1, 0.15) is 26.3 Å². The summed E-state index contributed by atoms with van der Waals surface area (Å²) >= 11 is 0. The fraction of sp³-hybridized carbons (Fsp3) is 0.647. The lowest BCUT2D eigenvalue weighted by Crippen LogP contribution is -2.31. The summed E-state index contributed by atoms with van der Waals surface area (Å²) in [5, 5.41) is 0. The van der Waals surface area contributed by atoms with Gasteiger partial charge in [0.25, 0.3) is 0 Å². The number of hydrogen-bond acceptors (Lipinski definition) is 4. The van der Waals surface area contributed by atoms with Crippen LogP contribution in [-0.2, 0) is 15.9 Å². The normalized spacial score (nSPS) is 12.4. The molecular weight excluding hydrogens is 264 g/mol. The highest BCUT2D eigenvalue weighted by Crippen LogP contribution is 2.16. The molecule has 1 rings (SSSR count). The predicted molar refractivity (Wildman–Crippen MR) is 89.0 cm³/mol. The lowest BCUT2D eigenvalue weighted by molar-refractivity contribution is 0.141. The van der Waals surface area contributed by atoms with Crippen molar-refractivity contribution in [3.63, 3.8) is 0 Å². The van der Waals surface area contributed by atoms with E-state index in [9.17, 15) is 0 Å². The van der Waals surface area contributed by atoms with Crippen molar-refractivity contribution in [2.45, 2.75) is 33.2 Å². The molecule has 0 aliphatic rings. The van der Waals surface area contributed by atoms with E-state index in [1.165, 1.54) is 11.3 Å². The van der Waals surface area contributed by atoms with Gasteiger partial charge < -0.3 is 20.1 Å². The van der Waals surface area contributed by atoms with Gasteiger partial charge in [0, 0.05) is 38.0 Å². The molecule has 1 atom stereocenters. The number of anilines is 1. The Morgan fingerprint density at radius 2 is 1.52 bits per heavy atom. The fourth-order valence-corrected chi connectivity index (χ4v) is 2.22. The number of nitrogens with zero attached hydrogens (tertiary/aromatic N) is 1. The summed E-state index contributed by atoms with van der Waals surface area (Å²) in [6.07, 6.45) is 0.915. The van der Waals surface area contributed by atoms with Crippen LogP contribution in [-0.4, -0.2) is 45.6 Å². The number of nitrogens with two attached hydrogens (primary N) is 1. The molecule has 1 aromatic rings. The highest BCUT2D eigenvalue weighted by molar-refractivity contribution is 5.47. The van der Waals surface area contributed by atoms with Crippen molar-refractivity contribution < 1.29 is 9.47 Å². The standard InChI is InChI=1S/C17H30N2O2/c1-4-20-12-10-19(11-13-21-5-2)17-8-6-16(7-9-17)14-15(3)18/h6-9,15H,4-5,10-14,18H2,1-3H3. The zero-order valence-electron chi connectivity index (χ0n) is 13.7. The second-order valence-corrected chi connectivity index (χ2v) is 5.23. The predicted octanol–water partition coefficient (Wildman–Crippen LogP) is 2.46. The molecule has 0 spiro atoms. The maximum atomic E-state index is 5.84. The van der Waals surface area contributed by atoms with E-state index in [0.717, 1.165) is 45.9 Å². The molecule has 21 heavy (non-hydrogen) atoms. The summed E-state index contributed by atoms with van der Waals surface area (Å²) in [6, 6.07) is 8.84. The van der Waals surface area contributed by atoms with E-state index < -0.39 is 0 Å². The van der Waals surface area contributed by atoms with Crippen molar-refractivity contribution in [3.8, 4) is 0 Å². The van der Waals surface area contributed by atoms with Gasteiger partial charge in [-0.2, -0.15) is 0 Å². The van der Waals surface area contributed by atoms with Crippen LogP contribution in [0.4, 0.5) is 5.69 Å². The Labute approximate surface area is 129 Å². The topological polar surface area (TPSA) is 47.7 Å². The van der Waals surface area contributed by atoms with Crippen molar-refractivity contribution in [3.05, 3.63) is 29.8 Å². The summed E-state index contributed by atoms with van der Waals surface area (Å²) in [6.45, 7) is 10.8. The number of ether oxygens (including phenoxy) is 2. The first kappa shape index (κ1) is 18.0. The highest BCUT2D eigenvalue weighted by Gasteiger charge is 2.07. The first-order valence-corrected chi connectivity index (χ1v) is 7.92. The monoisotopic (exact) mass is 294 g/mol. The Hall–Kier alpha value is -1.10. The summed E-state index contributed by atoms with van der Waals surface area (Å²) in [5.74, 6) is 0. The first-order chi connectivity index (χ1) is 10.2. The molecule has 2 N–H and O–H groups in total. The van der Waals surface area contributed by atoms with E-state index in [0.29, 0.717) is 0 Å². The van der Waals surface area contributed by atoms with Crippen LogP contribution in [0.3, 0.4) is 0 Å². The maximum absolute atomic E-state index is 5.84. The second kappa shape index (κ2) is 10.6. The van der Waals surface area contributed by atoms with Crippen LogP contribution in [0.5, 0.6) is 0 Å².